The Morgan fingerprint density at radius 3 is 2.55 bits per heavy atom. The van der Waals surface area contributed by atoms with Crippen LogP contribution in [-0.4, -0.2) is 43.8 Å². The van der Waals surface area contributed by atoms with Crippen molar-refractivity contribution in [3.8, 4) is 0 Å². The summed E-state index contributed by atoms with van der Waals surface area (Å²) in [6.07, 6.45) is 3.75. The average Bonchev–Trinajstić information content (AvgIpc) is 2.67. The largest absolute Gasteiger partial charge is 0.444 e. The van der Waals surface area contributed by atoms with Gasteiger partial charge in [0.1, 0.15) is 11.9 Å². The third-order valence-corrected chi connectivity index (χ3v) is 5.28. The van der Waals surface area contributed by atoms with E-state index in [1.54, 1.807) is 0 Å². The molecule has 0 radical (unpaired) electrons. The minimum atomic E-state index is -0.573. The van der Waals surface area contributed by atoms with E-state index in [1.807, 2.05) is 26.8 Å². The van der Waals surface area contributed by atoms with Crippen molar-refractivity contribution in [2.24, 2.45) is 0 Å². The van der Waals surface area contributed by atoms with Crippen LogP contribution < -0.4 is 10.2 Å². The van der Waals surface area contributed by atoms with Crippen LogP contribution in [0.2, 0.25) is 0 Å². The van der Waals surface area contributed by atoms with Crippen molar-refractivity contribution in [3.63, 3.8) is 0 Å². The number of ether oxygens (including phenoxy) is 2. The Hall–Kier alpha value is -2.08. The zero-order valence-electron chi connectivity index (χ0n) is 18.5. The van der Waals surface area contributed by atoms with Crippen LogP contribution in [0.5, 0.6) is 0 Å². The molecule has 1 amide bonds. The molecule has 0 aliphatic carbocycles. The molecular weight excluding hydrogens is 368 g/mol. The van der Waals surface area contributed by atoms with E-state index in [4.69, 9.17) is 9.47 Å². The first-order chi connectivity index (χ1) is 13.8. The van der Waals surface area contributed by atoms with Crippen LogP contribution in [0.4, 0.5) is 16.2 Å². The standard InChI is InChI=1S/C23H36N2O4/c1-6-17(10-13-26)18-8-9-21(25(7-2)19-11-14-28-15-12-19)20(16-18)24-22(27)29-23(3,4)5/h8-9,13,16-17,19H,6-7,10-12,14-15H2,1-5H3,(H,24,27)/t17-/m1/s1. The fourth-order valence-electron chi connectivity index (χ4n) is 3.85. The quantitative estimate of drug-likeness (QED) is 0.609. The van der Waals surface area contributed by atoms with Gasteiger partial charge in [0, 0.05) is 32.2 Å². The summed E-state index contributed by atoms with van der Waals surface area (Å²) in [5.74, 6) is 0.138. The van der Waals surface area contributed by atoms with Gasteiger partial charge in [0.25, 0.3) is 0 Å². The Balaban J connectivity index is 2.39. The van der Waals surface area contributed by atoms with Crippen molar-refractivity contribution in [2.45, 2.75) is 77.9 Å². The summed E-state index contributed by atoms with van der Waals surface area (Å²) in [6.45, 7) is 12.1. The van der Waals surface area contributed by atoms with Crippen LogP contribution in [0.1, 0.15) is 71.8 Å². The summed E-state index contributed by atoms with van der Waals surface area (Å²) in [5, 5.41) is 2.96. The summed E-state index contributed by atoms with van der Waals surface area (Å²) in [4.78, 5) is 25.9. The molecule has 1 atom stereocenters. The van der Waals surface area contributed by atoms with Crippen LogP contribution in [0.15, 0.2) is 18.2 Å². The van der Waals surface area contributed by atoms with Gasteiger partial charge in [-0.3, -0.25) is 5.32 Å². The van der Waals surface area contributed by atoms with Crippen molar-refractivity contribution in [1.29, 1.82) is 0 Å². The molecule has 6 nitrogen and oxygen atoms in total. The lowest BCUT2D eigenvalue weighted by atomic mass is 9.92. The van der Waals surface area contributed by atoms with Gasteiger partial charge in [-0.25, -0.2) is 4.79 Å². The second-order valence-corrected chi connectivity index (χ2v) is 8.54. The topological polar surface area (TPSA) is 67.9 Å². The van der Waals surface area contributed by atoms with Crippen LogP contribution >= 0.6 is 0 Å². The molecule has 1 aliphatic heterocycles. The highest BCUT2D eigenvalue weighted by atomic mass is 16.6. The minimum Gasteiger partial charge on any atom is -0.444 e. The van der Waals surface area contributed by atoms with Crippen molar-refractivity contribution in [1.82, 2.24) is 0 Å². The molecule has 162 valence electrons. The zero-order valence-corrected chi connectivity index (χ0v) is 18.5. The van der Waals surface area contributed by atoms with Gasteiger partial charge in [-0.1, -0.05) is 13.0 Å². The predicted molar refractivity (Wildman–Crippen MR) is 117 cm³/mol. The molecule has 1 aromatic rings. The lowest BCUT2D eigenvalue weighted by Crippen LogP contribution is -2.40. The van der Waals surface area contributed by atoms with Crippen molar-refractivity contribution in [2.75, 3.05) is 30.0 Å². The Morgan fingerprint density at radius 2 is 2.00 bits per heavy atom. The number of nitrogens with zero attached hydrogens (tertiary/aromatic N) is 1. The van der Waals surface area contributed by atoms with Crippen LogP contribution in [0, 0.1) is 0 Å². The molecule has 0 unspecified atom stereocenters. The third-order valence-electron chi connectivity index (χ3n) is 5.28. The van der Waals surface area contributed by atoms with Gasteiger partial charge in [0.2, 0.25) is 0 Å². The molecule has 1 aliphatic rings. The number of benzene rings is 1. The van der Waals surface area contributed by atoms with E-state index in [1.165, 1.54) is 0 Å². The van der Waals surface area contributed by atoms with Gasteiger partial charge in [-0.2, -0.15) is 0 Å². The Labute approximate surface area is 174 Å². The van der Waals surface area contributed by atoms with E-state index >= 15 is 0 Å². The summed E-state index contributed by atoms with van der Waals surface area (Å²) in [6, 6.07) is 6.51. The molecule has 1 fully saturated rings. The summed E-state index contributed by atoms with van der Waals surface area (Å²) < 4.78 is 11.0. The summed E-state index contributed by atoms with van der Waals surface area (Å²) in [7, 11) is 0. The second kappa shape index (κ2) is 10.6. The molecular formula is C23H36N2O4. The number of aldehydes is 1. The third kappa shape index (κ3) is 6.74. The highest BCUT2D eigenvalue weighted by molar-refractivity contribution is 5.90. The van der Waals surface area contributed by atoms with E-state index < -0.39 is 11.7 Å². The number of hydrogen-bond acceptors (Lipinski definition) is 5. The number of carbonyl (C=O) groups excluding carboxylic acids is 2. The number of amides is 1. The van der Waals surface area contributed by atoms with Gasteiger partial charge in [0.05, 0.1) is 11.4 Å². The van der Waals surface area contributed by atoms with Crippen LogP contribution in [-0.2, 0) is 14.3 Å². The molecule has 29 heavy (non-hydrogen) atoms. The van der Waals surface area contributed by atoms with E-state index in [0.29, 0.717) is 12.5 Å². The fourth-order valence-corrected chi connectivity index (χ4v) is 3.85. The first kappa shape index (κ1) is 23.2. The number of nitrogens with one attached hydrogen (secondary N) is 1. The van der Waals surface area contributed by atoms with Crippen molar-refractivity contribution >= 4 is 23.8 Å². The molecule has 2 rings (SSSR count). The first-order valence-corrected chi connectivity index (χ1v) is 10.7. The van der Waals surface area contributed by atoms with Crippen LogP contribution in [0.25, 0.3) is 0 Å². The normalized spacial score (nSPS) is 16.2. The molecule has 0 spiro atoms. The molecule has 0 bridgehead atoms. The van der Waals surface area contributed by atoms with E-state index in [-0.39, 0.29) is 5.92 Å². The number of anilines is 2. The molecule has 1 saturated heterocycles. The zero-order chi connectivity index (χ0) is 21.4. The maximum atomic E-state index is 12.5. The first-order valence-electron chi connectivity index (χ1n) is 10.7. The van der Waals surface area contributed by atoms with Gasteiger partial charge < -0.3 is 19.2 Å². The highest BCUT2D eigenvalue weighted by Gasteiger charge is 2.25. The SMILES string of the molecule is CC[C@H](CC=O)c1ccc(N(CC)C2CCOCC2)c(NC(=O)OC(C)(C)C)c1. The average molecular weight is 405 g/mol. The smallest absolute Gasteiger partial charge is 0.412 e. The van der Waals surface area contributed by atoms with Gasteiger partial charge >= 0.3 is 6.09 Å². The van der Waals surface area contributed by atoms with Gasteiger partial charge in [-0.15, -0.1) is 0 Å². The van der Waals surface area contributed by atoms with Crippen LogP contribution in [0.3, 0.4) is 0 Å². The van der Waals surface area contributed by atoms with E-state index in [9.17, 15) is 9.59 Å². The fraction of sp³-hybridized carbons (Fsp3) is 0.652. The molecule has 1 N–H and O–H groups in total. The van der Waals surface area contributed by atoms with Crippen molar-refractivity contribution < 1.29 is 19.1 Å². The highest BCUT2D eigenvalue weighted by Crippen LogP contribution is 2.35. The predicted octanol–water partition coefficient (Wildman–Crippen LogP) is 5.12. The Bertz CT molecular complexity index is 678. The molecule has 1 heterocycles. The Morgan fingerprint density at radius 1 is 1.31 bits per heavy atom. The van der Waals surface area contributed by atoms with Crippen molar-refractivity contribution in [3.05, 3.63) is 23.8 Å². The number of rotatable bonds is 8. The maximum absolute atomic E-state index is 12.5. The summed E-state index contributed by atoms with van der Waals surface area (Å²) >= 11 is 0. The van der Waals surface area contributed by atoms with E-state index in [2.05, 4.69) is 36.2 Å². The molecule has 0 aromatic heterocycles. The van der Waals surface area contributed by atoms with Gasteiger partial charge in [-0.05, 0) is 70.6 Å². The Kier molecular flexibility index (Phi) is 8.50. The molecule has 0 saturated carbocycles. The second-order valence-electron chi connectivity index (χ2n) is 8.54. The molecule has 1 aromatic carbocycles. The molecule has 6 heteroatoms. The maximum Gasteiger partial charge on any atom is 0.412 e. The monoisotopic (exact) mass is 404 g/mol. The van der Waals surface area contributed by atoms with E-state index in [0.717, 1.165) is 62.2 Å². The number of hydrogen-bond donors (Lipinski definition) is 1. The van der Waals surface area contributed by atoms with Gasteiger partial charge in [0.15, 0.2) is 0 Å². The lowest BCUT2D eigenvalue weighted by Gasteiger charge is -2.36. The summed E-state index contributed by atoms with van der Waals surface area (Å²) in [5.41, 5.74) is 2.19. The minimum absolute atomic E-state index is 0.138. The lowest BCUT2D eigenvalue weighted by molar-refractivity contribution is -0.108. The number of carbonyl (C=O) groups is 2.